The highest BCUT2D eigenvalue weighted by atomic mass is 79.9. The number of pyridine rings is 1. The molecule has 0 aliphatic carbocycles. The fraction of sp³-hybridized carbons (Fsp3) is 0.0909. The van der Waals surface area contributed by atoms with E-state index in [-0.39, 0.29) is 5.76 Å². The van der Waals surface area contributed by atoms with E-state index < -0.39 is 5.97 Å². The van der Waals surface area contributed by atoms with Crippen molar-refractivity contribution in [2.24, 2.45) is 0 Å². The molecule has 0 amide bonds. The molecule has 0 aliphatic rings. The summed E-state index contributed by atoms with van der Waals surface area (Å²) in [5, 5.41) is 9.70. The first kappa shape index (κ1) is 12.2. The zero-order valence-electron chi connectivity index (χ0n) is 8.59. The lowest BCUT2D eigenvalue weighted by atomic mass is 10.3. The van der Waals surface area contributed by atoms with Gasteiger partial charge < -0.3 is 9.52 Å². The van der Waals surface area contributed by atoms with Crippen molar-refractivity contribution in [1.82, 2.24) is 4.98 Å². The molecule has 0 atom stereocenters. The van der Waals surface area contributed by atoms with Gasteiger partial charge in [0.25, 0.3) is 0 Å². The number of hydrogen-bond acceptors (Lipinski definition) is 4. The van der Waals surface area contributed by atoms with E-state index in [4.69, 9.17) is 9.52 Å². The summed E-state index contributed by atoms with van der Waals surface area (Å²) in [7, 11) is 0. The molecule has 0 aromatic carbocycles. The largest absolute Gasteiger partial charge is 0.475 e. The molecule has 0 aliphatic heterocycles. The molecule has 6 heteroatoms. The highest BCUT2D eigenvalue weighted by Gasteiger charge is 2.13. The summed E-state index contributed by atoms with van der Waals surface area (Å²) < 4.78 is 5.81. The van der Waals surface area contributed by atoms with Crippen LogP contribution in [-0.4, -0.2) is 16.1 Å². The molecule has 0 saturated carbocycles. The number of carboxylic acid groups (broad SMARTS) is 1. The molecule has 0 saturated heterocycles. The topological polar surface area (TPSA) is 63.3 Å². The predicted molar refractivity (Wildman–Crippen MR) is 67.2 cm³/mol. The molecular formula is C11H8BrNO3S. The maximum atomic E-state index is 10.8. The Balaban J connectivity index is 2.05. The number of carboxylic acids is 1. The van der Waals surface area contributed by atoms with Gasteiger partial charge in [-0.15, -0.1) is 11.8 Å². The molecule has 2 rings (SSSR count). The molecule has 4 nitrogen and oxygen atoms in total. The summed E-state index contributed by atoms with van der Waals surface area (Å²) in [6.45, 7) is 0. The first-order valence-electron chi connectivity index (χ1n) is 4.71. The maximum absolute atomic E-state index is 10.8. The number of hydrogen-bond donors (Lipinski definition) is 1. The number of aromatic carboxylic acids is 1. The van der Waals surface area contributed by atoms with Crippen LogP contribution in [0.5, 0.6) is 0 Å². The molecule has 0 unspecified atom stereocenters. The Morgan fingerprint density at radius 1 is 1.47 bits per heavy atom. The number of nitrogens with zero attached hydrogens (tertiary/aromatic N) is 1. The quantitative estimate of drug-likeness (QED) is 0.876. The first-order valence-corrected chi connectivity index (χ1v) is 6.48. The van der Waals surface area contributed by atoms with Gasteiger partial charge >= 0.3 is 5.97 Å². The Hall–Kier alpha value is -1.27. The van der Waals surface area contributed by atoms with Crippen LogP contribution in [-0.2, 0) is 5.75 Å². The van der Waals surface area contributed by atoms with Crippen LogP contribution in [0.4, 0.5) is 0 Å². The second kappa shape index (κ2) is 5.37. The van der Waals surface area contributed by atoms with Crippen LogP contribution in [0.2, 0.25) is 0 Å². The van der Waals surface area contributed by atoms with E-state index >= 15 is 0 Å². The Labute approximate surface area is 110 Å². The molecule has 17 heavy (non-hydrogen) atoms. The number of aromatic nitrogens is 1. The van der Waals surface area contributed by atoms with Gasteiger partial charge in [0.2, 0.25) is 5.76 Å². The Morgan fingerprint density at radius 3 is 2.94 bits per heavy atom. The zero-order chi connectivity index (χ0) is 12.3. The van der Waals surface area contributed by atoms with Crippen LogP contribution < -0.4 is 0 Å². The van der Waals surface area contributed by atoms with E-state index in [9.17, 15) is 4.79 Å². The van der Waals surface area contributed by atoms with E-state index in [0.717, 1.165) is 9.50 Å². The Morgan fingerprint density at radius 2 is 2.29 bits per heavy atom. The van der Waals surface area contributed by atoms with Crippen molar-refractivity contribution in [3.05, 3.63) is 46.5 Å². The summed E-state index contributed by atoms with van der Waals surface area (Å²) in [4.78, 5) is 15.0. The maximum Gasteiger partial charge on any atom is 0.372 e. The number of halogens is 1. The summed E-state index contributed by atoms with van der Waals surface area (Å²) in [5.41, 5.74) is 0.659. The number of thioether (sulfide) groups is 1. The molecule has 0 bridgehead atoms. The van der Waals surface area contributed by atoms with Crippen molar-refractivity contribution in [3.63, 3.8) is 0 Å². The first-order chi connectivity index (χ1) is 8.16. The van der Waals surface area contributed by atoms with Crippen molar-refractivity contribution in [2.45, 2.75) is 10.8 Å². The number of rotatable bonds is 4. The third-order valence-corrected chi connectivity index (χ3v) is 3.48. The minimum absolute atomic E-state index is 0.00499. The van der Waals surface area contributed by atoms with Crippen LogP contribution in [0, 0.1) is 0 Å². The average molecular weight is 314 g/mol. The second-order valence-corrected chi connectivity index (χ2v) is 5.09. The lowest BCUT2D eigenvalue weighted by molar-refractivity contribution is 0.0661. The van der Waals surface area contributed by atoms with Gasteiger partial charge in [-0.25, -0.2) is 9.78 Å². The van der Waals surface area contributed by atoms with Crippen molar-refractivity contribution < 1.29 is 14.3 Å². The highest BCUT2D eigenvalue weighted by molar-refractivity contribution is 9.10. The van der Waals surface area contributed by atoms with Crippen molar-refractivity contribution >= 4 is 33.7 Å². The molecule has 88 valence electrons. The summed E-state index contributed by atoms with van der Waals surface area (Å²) in [6, 6.07) is 5.42. The summed E-state index contributed by atoms with van der Waals surface area (Å²) in [6.07, 6.45) is 3.09. The van der Waals surface area contributed by atoms with Crippen molar-refractivity contribution in [1.29, 1.82) is 0 Å². The minimum Gasteiger partial charge on any atom is -0.475 e. The predicted octanol–water partition coefficient (Wildman–Crippen LogP) is 3.43. The summed E-state index contributed by atoms with van der Waals surface area (Å²) >= 11 is 4.76. The van der Waals surface area contributed by atoms with E-state index in [0.29, 0.717) is 11.3 Å². The fourth-order valence-electron chi connectivity index (χ4n) is 1.24. The monoisotopic (exact) mass is 313 g/mol. The lowest BCUT2D eigenvalue weighted by Crippen LogP contribution is -1.97. The number of carbonyl (C=O) groups is 1. The van der Waals surface area contributed by atoms with Crippen molar-refractivity contribution in [3.8, 4) is 0 Å². The lowest BCUT2D eigenvalue weighted by Gasteiger charge is -2.00. The Bertz CT molecular complexity index is 524. The van der Waals surface area contributed by atoms with Gasteiger partial charge in [0, 0.05) is 22.0 Å². The van der Waals surface area contributed by atoms with Crippen LogP contribution >= 0.6 is 27.7 Å². The van der Waals surface area contributed by atoms with Crippen molar-refractivity contribution in [2.75, 3.05) is 0 Å². The average Bonchev–Trinajstić information content (AvgIpc) is 2.76. The minimum atomic E-state index is -1.05. The number of furan rings is 1. The normalized spacial score (nSPS) is 10.4. The Kier molecular flexibility index (Phi) is 3.86. The molecule has 2 aromatic heterocycles. The SMILES string of the molecule is O=C(O)c1occc1CSc1ccc(Br)cn1. The van der Waals surface area contributed by atoms with Crippen LogP contribution in [0.3, 0.4) is 0 Å². The fourth-order valence-corrected chi connectivity index (χ4v) is 2.29. The highest BCUT2D eigenvalue weighted by Crippen LogP contribution is 2.24. The molecule has 0 fully saturated rings. The van der Waals surface area contributed by atoms with Crippen LogP contribution in [0.15, 0.2) is 44.6 Å². The molecular weight excluding hydrogens is 306 g/mol. The zero-order valence-corrected chi connectivity index (χ0v) is 11.0. The molecule has 1 N–H and O–H groups in total. The van der Waals surface area contributed by atoms with Crippen LogP contribution in [0.25, 0.3) is 0 Å². The standard InChI is InChI=1S/C11H8BrNO3S/c12-8-1-2-9(13-5-8)17-6-7-3-4-16-10(7)11(14)15/h1-5H,6H2,(H,14,15). The third-order valence-electron chi connectivity index (χ3n) is 2.02. The van der Waals surface area contributed by atoms with Gasteiger partial charge in [0.1, 0.15) is 0 Å². The molecule has 0 spiro atoms. The van der Waals surface area contributed by atoms with E-state index in [1.54, 1.807) is 12.3 Å². The smallest absolute Gasteiger partial charge is 0.372 e. The summed E-state index contributed by atoms with van der Waals surface area (Å²) in [5.74, 6) is -0.531. The van der Waals surface area contributed by atoms with Crippen LogP contribution in [0.1, 0.15) is 16.1 Å². The third kappa shape index (κ3) is 3.10. The van der Waals surface area contributed by atoms with Gasteiger partial charge in [-0.3, -0.25) is 0 Å². The van der Waals surface area contributed by atoms with Gasteiger partial charge in [-0.2, -0.15) is 0 Å². The van der Waals surface area contributed by atoms with Gasteiger partial charge in [-0.1, -0.05) is 0 Å². The van der Waals surface area contributed by atoms with E-state index in [1.807, 2.05) is 12.1 Å². The molecule has 2 aromatic rings. The van der Waals surface area contributed by atoms with E-state index in [2.05, 4.69) is 20.9 Å². The van der Waals surface area contributed by atoms with Gasteiger partial charge in [0.05, 0.1) is 11.3 Å². The van der Waals surface area contributed by atoms with Gasteiger partial charge in [0.15, 0.2) is 0 Å². The second-order valence-electron chi connectivity index (χ2n) is 3.18. The molecule has 2 heterocycles. The van der Waals surface area contributed by atoms with Gasteiger partial charge in [-0.05, 0) is 34.1 Å². The van der Waals surface area contributed by atoms with E-state index in [1.165, 1.54) is 18.0 Å². The molecule has 0 radical (unpaired) electrons.